The third-order valence-electron chi connectivity index (χ3n) is 3.46. The number of nitrogens with one attached hydrogen (secondary N) is 2. The van der Waals surface area contributed by atoms with Crippen LogP contribution in [0.1, 0.15) is 13.8 Å². The van der Waals surface area contributed by atoms with Crippen molar-refractivity contribution >= 4 is 11.8 Å². The minimum Gasteiger partial charge on any atom is -0.394 e. The molecular formula is C12H16N4O3. The summed E-state index contributed by atoms with van der Waals surface area (Å²) in [6, 6.07) is -0.582. The lowest BCUT2D eigenvalue weighted by Crippen LogP contribution is -2.49. The number of rotatable bonds is 2. The molecule has 102 valence electrons. The molecule has 3 rings (SSSR count). The van der Waals surface area contributed by atoms with Gasteiger partial charge in [0.2, 0.25) is 0 Å². The highest BCUT2D eigenvalue weighted by atomic mass is 16.3. The molecule has 0 saturated carbocycles. The Labute approximate surface area is 112 Å². The van der Waals surface area contributed by atoms with Crippen LogP contribution in [0.4, 0.5) is 0 Å². The third-order valence-corrected chi connectivity index (χ3v) is 3.46. The number of hydrazine groups is 1. The summed E-state index contributed by atoms with van der Waals surface area (Å²) in [5, 5.41) is 13.2. The van der Waals surface area contributed by atoms with Crippen LogP contribution in [0.2, 0.25) is 1.41 Å². The molecule has 0 aromatic heterocycles. The number of aliphatic hydroxyl groups is 1. The molecule has 1 atom stereocenters. The topological polar surface area (TPSA) is 84.9 Å². The van der Waals surface area contributed by atoms with Gasteiger partial charge in [-0.15, -0.1) is 0 Å². The monoisotopic (exact) mass is 265 g/mol. The molecule has 7 nitrogen and oxygen atoms in total. The smallest absolute Gasteiger partial charge is 0.274 e. The summed E-state index contributed by atoms with van der Waals surface area (Å²) in [5.41, 5.74) is 1.59. The summed E-state index contributed by atoms with van der Waals surface area (Å²) in [7, 11) is 0. The molecule has 0 bridgehead atoms. The number of hydrogen-bond acceptors (Lipinski definition) is 5. The highest BCUT2D eigenvalue weighted by molar-refractivity contribution is 6.10. The molecule has 0 aromatic rings. The summed E-state index contributed by atoms with van der Waals surface area (Å²) >= 11 is 0. The largest absolute Gasteiger partial charge is 0.394 e. The number of amides is 2. The molecule has 0 aliphatic carbocycles. The lowest BCUT2D eigenvalue weighted by molar-refractivity contribution is -0.129. The molecule has 3 heterocycles. The molecule has 0 saturated heterocycles. The van der Waals surface area contributed by atoms with Crippen molar-refractivity contribution in [2.75, 3.05) is 13.2 Å². The lowest BCUT2D eigenvalue weighted by Gasteiger charge is -2.26. The number of carbonyl (C=O) groups is 2. The van der Waals surface area contributed by atoms with Crippen LogP contribution in [0.25, 0.3) is 0 Å². The third kappa shape index (κ3) is 1.66. The van der Waals surface area contributed by atoms with Crippen LogP contribution in [0, 0.1) is 0 Å². The first kappa shape index (κ1) is 11.0. The van der Waals surface area contributed by atoms with Crippen molar-refractivity contribution in [3.05, 3.63) is 23.2 Å². The standard InChI is InChI=1S/C12H16N4O3/c1-6(2)15-4-8-10(12(15)19)13-9-3-7(5-17)14-16(9)11(8)18/h3,6-7,13-14,17H,4-5H2,1-2H3/i/hD. The predicted molar refractivity (Wildman–Crippen MR) is 65.9 cm³/mol. The molecule has 2 amide bonds. The van der Waals surface area contributed by atoms with E-state index in [1.165, 1.54) is 0 Å². The number of carbonyl (C=O) groups excluding carboxylic acids is 2. The lowest BCUT2D eigenvalue weighted by atomic mass is 10.2. The summed E-state index contributed by atoms with van der Waals surface area (Å²) in [5.74, 6) is -0.220. The average molecular weight is 265 g/mol. The van der Waals surface area contributed by atoms with Crippen molar-refractivity contribution < 1.29 is 16.1 Å². The summed E-state index contributed by atoms with van der Waals surface area (Å²) in [6.45, 7) is 3.76. The molecule has 3 aliphatic rings. The SMILES string of the molecule is [2H]N1C(CO)C=C2NC3=C(CN(C(C)C)C3=O)C(=O)N21. The van der Waals surface area contributed by atoms with Crippen LogP contribution in [-0.4, -0.2) is 52.1 Å². The number of aliphatic hydroxyl groups excluding tert-OH is 1. The van der Waals surface area contributed by atoms with E-state index in [1.54, 1.807) is 11.0 Å². The van der Waals surface area contributed by atoms with E-state index in [-0.39, 0.29) is 36.7 Å². The van der Waals surface area contributed by atoms with Gasteiger partial charge in [0, 0.05) is 6.04 Å². The van der Waals surface area contributed by atoms with Gasteiger partial charge in [-0.25, -0.2) is 10.4 Å². The van der Waals surface area contributed by atoms with Crippen molar-refractivity contribution in [2.24, 2.45) is 0 Å². The highest BCUT2D eigenvalue weighted by Crippen LogP contribution is 2.28. The number of fused-ring (bicyclic) bond motifs is 1. The van der Waals surface area contributed by atoms with Gasteiger partial charge in [0.25, 0.3) is 11.8 Å². The Morgan fingerprint density at radius 3 is 2.89 bits per heavy atom. The zero-order valence-corrected chi connectivity index (χ0v) is 10.8. The molecule has 3 aliphatic heterocycles. The minimum absolute atomic E-state index is 0.00353. The van der Waals surface area contributed by atoms with Crippen molar-refractivity contribution in [1.29, 1.82) is 0 Å². The molecule has 0 aromatic carbocycles. The van der Waals surface area contributed by atoms with Crippen molar-refractivity contribution in [2.45, 2.75) is 25.9 Å². The van der Waals surface area contributed by atoms with Gasteiger partial charge >= 0.3 is 0 Å². The van der Waals surface area contributed by atoms with Gasteiger partial charge < -0.3 is 15.3 Å². The van der Waals surface area contributed by atoms with Gasteiger partial charge in [-0.05, 0) is 19.9 Å². The zero-order chi connectivity index (χ0) is 14.6. The first-order chi connectivity index (χ1) is 9.45. The van der Waals surface area contributed by atoms with Crippen LogP contribution in [0.15, 0.2) is 23.2 Å². The van der Waals surface area contributed by atoms with Gasteiger partial charge in [0.05, 0.1) is 24.8 Å². The van der Waals surface area contributed by atoms with Gasteiger partial charge in [-0.1, -0.05) is 0 Å². The molecule has 0 fully saturated rings. The van der Waals surface area contributed by atoms with Gasteiger partial charge in [-0.3, -0.25) is 9.59 Å². The fourth-order valence-corrected chi connectivity index (χ4v) is 2.41. The average Bonchev–Trinajstić information content (AvgIpc) is 2.90. The number of nitrogens with zero attached hydrogens (tertiary/aromatic N) is 2. The quantitative estimate of drug-likeness (QED) is 0.574. The van der Waals surface area contributed by atoms with E-state index < -0.39 is 6.04 Å². The van der Waals surface area contributed by atoms with Crippen molar-refractivity contribution in [1.82, 2.24) is 20.6 Å². The predicted octanol–water partition coefficient (Wildman–Crippen LogP) is -1.36. The first-order valence-corrected chi connectivity index (χ1v) is 6.22. The van der Waals surface area contributed by atoms with Crippen LogP contribution in [0.5, 0.6) is 0 Å². The Morgan fingerprint density at radius 1 is 1.53 bits per heavy atom. The fraction of sp³-hybridized carbons (Fsp3) is 0.500. The van der Waals surface area contributed by atoms with Gasteiger partial charge in [-0.2, -0.15) is 0 Å². The molecule has 0 spiro atoms. The van der Waals surface area contributed by atoms with Gasteiger partial charge in [0.1, 0.15) is 12.9 Å². The number of hydrogen-bond donors (Lipinski definition) is 3. The second-order valence-electron chi connectivity index (χ2n) is 5.04. The molecule has 0 radical (unpaired) electrons. The summed E-state index contributed by atoms with van der Waals surface area (Å²) in [6.07, 6.45) is 1.57. The van der Waals surface area contributed by atoms with Crippen LogP contribution in [0.3, 0.4) is 0 Å². The Balaban J connectivity index is 1.95. The molecule has 3 N–H and O–H groups in total. The van der Waals surface area contributed by atoms with Crippen LogP contribution < -0.4 is 10.7 Å². The Hall–Kier alpha value is -1.86. The van der Waals surface area contributed by atoms with E-state index in [0.717, 1.165) is 10.4 Å². The first-order valence-electron chi connectivity index (χ1n) is 6.66. The maximum atomic E-state index is 12.4. The van der Waals surface area contributed by atoms with E-state index >= 15 is 0 Å². The van der Waals surface area contributed by atoms with Crippen molar-refractivity contribution in [3.8, 4) is 0 Å². The van der Waals surface area contributed by atoms with E-state index in [9.17, 15) is 14.7 Å². The zero-order valence-electron chi connectivity index (χ0n) is 11.8. The summed E-state index contributed by atoms with van der Waals surface area (Å²) < 4.78 is 7.85. The Bertz CT molecular complexity index is 557. The van der Waals surface area contributed by atoms with Crippen LogP contribution in [-0.2, 0) is 9.59 Å². The van der Waals surface area contributed by atoms with Crippen molar-refractivity contribution in [3.63, 3.8) is 0 Å². The maximum absolute atomic E-state index is 12.4. The van der Waals surface area contributed by atoms with E-state index in [2.05, 4.69) is 5.32 Å². The Kier molecular flexibility index (Phi) is 2.36. The molecule has 7 heteroatoms. The summed E-state index contributed by atoms with van der Waals surface area (Å²) in [4.78, 5) is 26.3. The second-order valence-corrected chi connectivity index (χ2v) is 5.04. The molecule has 1 unspecified atom stereocenters. The van der Waals surface area contributed by atoms with E-state index in [1.807, 2.05) is 13.8 Å². The fourth-order valence-electron chi connectivity index (χ4n) is 2.41. The minimum atomic E-state index is -0.585. The van der Waals surface area contributed by atoms with E-state index in [0.29, 0.717) is 11.4 Å². The highest BCUT2D eigenvalue weighted by Gasteiger charge is 2.43. The van der Waals surface area contributed by atoms with Gasteiger partial charge in [0.15, 0.2) is 0 Å². The molecule has 19 heavy (non-hydrogen) atoms. The Morgan fingerprint density at radius 2 is 2.26 bits per heavy atom. The molecular weight excluding hydrogens is 248 g/mol. The van der Waals surface area contributed by atoms with Crippen LogP contribution >= 0.6 is 0 Å². The normalized spacial score (nSPS) is 27.7. The maximum Gasteiger partial charge on any atom is 0.274 e. The van der Waals surface area contributed by atoms with E-state index in [4.69, 9.17) is 1.41 Å². The second kappa shape index (κ2) is 4.07.